The second kappa shape index (κ2) is 12.5. The van der Waals surface area contributed by atoms with Gasteiger partial charge in [0.2, 0.25) is 0 Å². The van der Waals surface area contributed by atoms with Crippen LogP contribution in [0.2, 0.25) is 0 Å². The fourth-order valence-corrected chi connectivity index (χ4v) is 5.38. The maximum absolute atomic E-state index is 13.5. The predicted octanol–water partition coefficient (Wildman–Crippen LogP) is 6.50. The summed E-state index contributed by atoms with van der Waals surface area (Å²) in [4.78, 5) is 16.8. The Balaban J connectivity index is 1.35. The number of aromatic amines is 1. The molecule has 0 radical (unpaired) electrons. The molecule has 0 bridgehead atoms. The van der Waals surface area contributed by atoms with Gasteiger partial charge in [0, 0.05) is 42.0 Å². The van der Waals surface area contributed by atoms with E-state index in [-0.39, 0.29) is 11.9 Å². The van der Waals surface area contributed by atoms with Gasteiger partial charge in [-0.25, -0.2) is 0 Å². The molecule has 2 aromatic heterocycles. The molecule has 2 N–H and O–H groups in total. The van der Waals surface area contributed by atoms with E-state index in [9.17, 15) is 4.79 Å². The van der Waals surface area contributed by atoms with E-state index in [1.165, 1.54) is 11.1 Å². The van der Waals surface area contributed by atoms with Crippen molar-refractivity contribution in [1.82, 2.24) is 25.1 Å². The minimum atomic E-state index is -0.365. The number of hydrogen-bond donors (Lipinski definition) is 2. The molecule has 0 aliphatic carbocycles. The van der Waals surface area contributed by atoms with Crippen LogP contribution in [-0.2, 0) is 32.2 Å². The summed E-state index contributed by atoms with van der Waals surface area (Å²) >= 11 is 0. The monoisotopic (exact) mass is 539 g/mol. The van der Waals surface area contributed by atoms with Crippen molar-refractivity contribution in [2.75, 3.05) is 0 Å². The van der Waals surface area contributed by atoms with Crippen molar-refractivity contribution in [3.63, 3.8) is 0 Å². The van der Waals surface area contributed by atoms with E-state index in [2.05, 4.69) is 80.6 Å². The predicted molar refractivity (Wildman–Crippen MR) is 163 cm³/mol. The third-order valence-corrected chi connectivity index (χ3v) is 7.55. The molecular weight excluding hydrogens is 506 g/mol. The van der Waals surface area contributed by atoms with Crippen molar-refractivity contribution in [3.05, 3.63) is 155 Å². The Morgan fingerprint density at radius 1 is 0.732 bits per heavy atom. The first-order valence-corrected chi connectivity index (χ1v) is 14.2. The number of nitrogens with zero attached hydrogens (tertiary/aromatic N) is 3. The van der Waals surface area contributed by atoms with Crippen molar-refractivity contribution in [2.24, 2.45) is 0 Å². The third-order valence-electron chi connectivity index (χ3n) is 7.55. The molecule has 6 aromatic rings. The molecule has 0 aliphatic rings. The number of para-hydroxylation sites is 1. The molecule has 0 saturated carbocycles. The highest BCUT2D eigenvalue weighted by atomic mass is 16.1. The van der Waals surface area contributed by atoms with Gasteiger partial charge in [-0.3, -0.25) is 4.79 Å². The summed E-state index contributed by atoms with van der Waals surface area (Å²) in [5.74, 6) is 1.58. The fraction of sp³-hybridized carbons (Fsp3) is 0.171. The van der Waals surface area contributed by atoms with Crippen LogP contribution in [0.4, 0.5) is 0 Å². The molecule has 0 spiro atoms. The Bertz CT molecular complexity index is 1710. The zero-order valence-electron chi connectivity index (χ0n) is 22.9. The molecule has 41 heavy (non-hydrogen) atoms. The molecular formula is C35H33N5O. The van der Waals surface area contributed by atoms with Crippen LogP contribution >= 0.6 is 0 Å². The fourth-order valence-electron chi connectivity index (χ4n) is 5.38. The number of hydrogen-bond acceptors (Lipinski definition) is 3. The number of benzene rings is 4. The normalized spacial score (nSPS) is 11.9. The van der Waals surface area contributed by atoms with Crippen molar-refractivity contribution in [1.29, 1.82) is 0 Å². The number of nitrogens with one attached hydrogen (secondary N) is 2. The lowest BCUT2D eigenvalue weighted by Crippen LogP contribution is -2.32. The van der Waals surface area contributed by atoms with E-state index < -0.39 is 0 Å². The van der Waals surface area contributed by atoms with Crippen molar-refractivity contribution in [2.45, 2.75) is 38.3 Å². The second-order valence-corrected chi connectivity index (χ2v) is 10.3. The maximum Gasteiger partial charge on any atom is 0.251 e. The highest BCUT2D eigenvalue weighted by molar-refractivity contribution is 5.94. The van der Waals surface area contributed by atoms with E-state index >= 15 is 0 Å². The molecule has 0 saturated heterocycles. The van der Waals surface area contributed by atoms with Crippen molar-refractivity contribution < 1.29 is 4.79 Å². The van der Waals surface area contributed by atoms with Gasteiger partial charge in [0.25, 0.3) is 5.91 Å². The number of carbonyl (C=O) groups excluding carboxylic acids is 1. The summed E-state index contributed by atoms with van der Waals surface area (Å²) in [5.41, 5.74) is 5.34. The number of carbonyl (C=O) groups is 1. The first-order valence-electron chi connectivity index (χ1n) is 14.2. The number of H-pyrrole nitrogens is 1. The minimum Gasteiger partial charge on any atom is -0.361 e. The van der Waals surface area contributed by atoms with Gasteiger partial charge in [0.05, 0.1) is 6.04 Å². The van der Waals surface area contributed by atoms with Gasteiger partial charge in [-0.1, -0.05) is 97.1 Å². The quantitative estimate of drug-likeness (QED) is 0.197. The largest absolute Gasteiger partial charge is 0.361 e. The molecule has 6 heteroatoms. The molecule has 0 unspecified atom stereocenters. The first kappa shape index (κ1) is 26.3. The minimum absolute atomic E-state index is 0.126. The van der Waals surface area contributed by atoms with Crippen LogP contribution in [0.25, 0.3) is 10.9 Å². The number of amides is 1. The van der Waals surface area contributed by atoms with Crippen LogP contribution in [0.3, 0.4) is 0 Å². The summed E-state index contributed by atoms with van der Waals surface area (Å²) in [5, 5.41) is 13.9. The standard InChI is InChI=1S/C35H33N5O/c41-35(28-16-8-3-9-17-28)37-32(24-29-25-36-31-19-11-10-18-30(29)31)34-39-38-33(21-20-26-12-4-1-5-13-26)40(34)23-22-27-14-6-2-7-15-27/h1-19,25,32,36H,20-24H2,(H,37,41)/t32-/m1/s1. The Kier molecular flexibility index (Phi) is 7.99. The highest BCUT2D eigenvalue weighted by Crippen LogP contribution is 2.25. The van der Waals surface area contributed by atoms with Gasteiger partial charge < -0.3 is 14.9 Å². The average Bonchev–Trinajstić information content (AvgIpc) is 3.64. The molecule has 6 rings (SSSR count). The Morgan fingerprint density at radius 3 is 2.10 bits per heavy atom. The van der Waals surface area contributed by atoms with E-state index in [0.717, 1.165) is 53.9 Å². The molecule has 204 valence electrons. The lowest BCUT2D eigenvalue weighted by molar-refractivity contribution is 0.0934. The van der Waals surface area contributed by atoms with Crippen LogP contribution in [0.1, 0.15) is 44.7 Å². The summed E-state index contributed by atoms with van der Waals surface area (Å²) in [6.45, 7) is 0.724. The molecule has 2 heterocycles. The summed E-state index contributed by atoms with van der Waals surface area (Å²) < 4.78 is 2.22. The lowest BCUT2D eigenvalue weighted by atomic mass is 10.0. The van der Waals surface area contributed by atoms with E-state index in [1.54, 1.807) is 0 Å². The van der Waals surface area contributed by atoms with E-state index in [4.69, 9.17) is 5.10 Å². The molecule has 1 atom stereocenters. The molecule has 6 nitrogen and oxygen atoms in total. The number of aromatic nitrogens is 4. The van der Waals surface area contributed by atoms with Crippen molar-refractivity contribution >= 4 is 16.8 Å². The SMILES string of the molecule is O=C(N[C@H](Cc1c[nH]c2ccccc12)c1nnc(CCc2ccccc2)n1CCc1ccccc1)c1ccccc1. The Hall–Kier alpha value is -4.97. The lowest BCUT2D eigenvalue weighted by Gasteiger charge is -2.20. The molecule has 1 amide bonds. The van der Waals surface area contributed by atoms with E-state index in [0.29, 0.717) is 12.0 Å². The first-order chi connectivity index (χ1) is 20.2. The van der Waals surface area contributed by atoms with Crippen molar-refractivity contribution in [3.8, 4) is 0 Å². The third kappa shape index (κ3) is 6.28. The van der Waals surface area contributed by atoms with Gasteiger partial charge in [0.1, 0.15) is 5.82 Å². The topological polar surface area (TPSA) is 75.6 Å². The zero-order valence-corrected chi connectivity index (χ0v) is 22.9. The summed E-state index contributed by atoms with van der Waals surface area (Å²) in [6.07, 6.45) is 5.10. The molecule has 0 aliphatic heterocycles. The Labute approximate surface area is 240 Å². The number of aryl methyl sites for hydroxylation is 3. The highest BCUT2D eigenvalue weighted by Gasteiger charge is 2.25. The van der Waals surface area contributed by atoms with Gasteiger partial charge in [0.15, 0.2) is 5.82 Å². The van der Waals surface area contributed by atoms with Crippen LogP contribution in [0, 0.1) is 0 Å². The van der Waals surface area contributed by atoms with Gasteiger partial charge >= 0.3 is 0 Å². The average molecular weight is 540 g/mol. The van der Waals surface area contributed by atoms with Crippen LogP contribution < -0.4 is 5.32 Å². The molecule has 0 fully saturated rings. The van der Waals surface area contributed by atoms with Gasteiger partial charge in [-0.2, -0.15) is 0 Å². The number of rotatable bonds is 11. The summed E-state index contributed by atoms with van der Waals surface area (Å²) in [7, 11) is 0. The van der Waals surface area contributed by atoms with Gasteiger partial charge in [-0.05, 0) is 47.7 Å². The molecule has 4 aromatic carbocycles. The Morgan fingerprint density at radius 2 is 1.37 bits per heavy atom. The van der Waals surface area contributed by atoms with Crippen LogP contribution in [0.15, 0.2) is 121 Å². The van der Waals surface area contributed by atoms with Crippen LogP contribution in [-0.4, -0.2) is 25.7 Å². The summed E-state index contributed by atoms with van der Waals surface area (Å²) in [6, 6.07) is 38.2. The smallest absolute Gasteiger partial charge is 0.251 e. The maximum atomic E-state index is 13.5. The number of fused-ring (bicyclic) bond motifs is 1. The van der Waals surface area contributed by atoms with E-state index in [1.807, 2.05) is 60.8 Å². The van der Waals surface area contributed by atoms with Crippen LogP contribution in [0.5, 0.6) is 0 Å². The second-order valence-electron chi connectivity index (χ2n) is 10.3. The zero-order chi connectivity index (χ0) is 27.9. The van der Waals surface area contributed by atoms with Gasteiger partial charge in [-0.15, -0.1) is 10.2 Å².